The highest BCUT2D eigenvalue weighted by Gasteiger charge is 2.25. The summed E-state index contributed by atoms with van der Waals surface area (Å²) in [7, 11) is -2.90. The first-order chi connectivity index (χ1) is 11.7. The van der Waals surface area contributed by atoms with E-state index in [0.29, 0.717) is 10.9 Å². The van der Waals surface area contributed by atoms with Crippen LogP contribution in [0.4, 0.5) is 8.78 Å². The summed E-state index contributed by atoms with van der Waals surface area (Å²) in [6.07, 6.45) is 1.62. The third kappa shape index (κ3) is 3.15. The molecule has 0 spiro atoms. The molecule has 25 heavy (non-hydrogen) atoms. The quantitative estimate of drug-likeness (QED) is 0.374. The largest absolute Gasteiger partial charge is 0.453 e. The number of ether oxygens (including phenoxy) is 1. The van der Waals surface area contributed by atoms with Gasteiger partial charge in [-0.3, -0.25) is 5.41 Å². The van der Waals surface area contributed by atoms with Crippen molar-refractivity contribution in [3.63, 3.8) is 0 Å². The van der Waals surface area contributed by atoms with Crippen LogP contribution in [-0.4, -0.2) is 24.1 Å². The maximum atomic E-state index is 14.6. The van der Waals surface area contributed by atoms with Crippen molar-refractivity contribution >= 4 is 29.2 Å². The van der Waals surface area contributed by atoms with Crippen LogP contribution in [0.15, 0.2) is 36.5 Å². The van der Waals surface area contributed by atoms with E-state index in [9.17, 15) is 13.3 Å². The SMILES string of the molecule is CP(C)(=O)c1c(Oc2ccc(F)c(C(=N)N)c2)c(F)cc2[nH]ccc12. The van der Waals surface area contributed by atoms with Crippen LogP contribution in [0, 0.1) is 17.0 Å². The molecule has 0 atom stereocenters. The van der Waals surface area contributed by atoms with Crippen LogP contribution in [0.25, 0.3) is 10.9 Å². The lowest BCUT2D eigenvalue weighted by molar-refractivity contribution is 0.445. The van der Waals surface area contributed by atoms with Crippen LogP contribution in [0.2, 0.25) is 0 Å². The number of nitrogen functional groups attached to an aromatic ring is 1. The molecule has 2 aromatic carbocycles. The Morgan fingerprint density at radius 2 is 1.92 bits per heavy atom. The van der Waals surface area contributed by atoms with Gasteiger partial charge in [-0.25, -0.2) is 8.78 Å². The van der Waals surface area contributed by atoms with Crippen LogP contribution in [0.5, 0.6) is 11.5 Å². The fraction of sp³-hybridized carbons (Fsp3) is 0.118. The number of amidine groups is 1. The Bertz CT molecular complexity index is 1040. The number of hydrogen-bond acceptors (Lipinski definition) is 3. The normalized spacial score (nSPS) is 11.7. The molecule has 0 saturated carbocycles. The molecule has 0 bridgehead atoms. The Labute approximate surface area is 142 Å². The molecule has 0 saturated heterocycles. The molecule has 3 aromatic rings. The van der Waals surface area contributed by atoms with Gasteiger partial charge in [0.15, 0.2) is 11.6 Å². The molecule has 0 aliphatic carbocycles. The van der Waals surface area contributed by atoms with Crippen molar-refractivity contribution in [1.29, 1.82) is 5.41 Å². The van der Waals surface area contributed by atoms with Crippen molar-refractivity contribution in [1.82, 2.24) is 4.98 Å². The van der Waals surface area contributed by atoms with Crippen molar-refractivity contribution in [2.24, 2.45) is 5.73 Å². The fourth-order valence-corrected chi connectivity index (χ4v) is 4.08. The molecule has 3 rings (SSSR count). The lowest BCUT2D eigenvalue weighted by atomic mass is 10.2. The van der Waals surface area contributed by atoms with Gasteiger partial charge in [0.25, 0.3) is 0 Å². The number of benzene rings is 2. The summed E-state index contributed by atoms with van der Waals surface area (Å²) in [5.74, 6) is -1.93. The second-order valence-electron chi connectivity index (χ2n) is 5.98. The van der Waals surface area contributed by atoms with Gasteiger partial charge >= 0.3 is 0 Å². The highest BCUT2D eigenvalue weighted by Crippen LogP contribution is 2.44. The van der Waals surface area contributed by atoms with Gasteiger partial charge in [-0.2, -0.15) is 0 Å². The van der Waals surface area contributed by atoms with E-state index in [0.717, 1.165) is 6.07 Å². The van der Waals surface area contributed by atoms with Gasteiger partial charge in [-0.15, -0.1) is 0 Å². The first-order valence-electron chi connectivity index (χ1n) is 7.35. The molecule has 0 aliphatic heterocycles. The predicted molar refractivity (Wildman–Crippen MR) is 94.8 cm³/mol. The second kappa shape index (κ2) is 6.01. The number of halogens is 2. The molecule has 0 fully saturated rings. The Kier molecular flexibility index (Phi) is 4.13. The van der Waals surface area contributed by atoms with Gasteiger partial charge in [0.1, 0.15) is 24.5 Å². The van der Waals surface area contributed by atoms with E-state index in [4.69, 9.17) is 15.9 Å². The van der Waals surface area contributed by atoms with E-state index in [1.54, 1.807) is 12.3 Å². The number of aromatic nitrogens is 1. The van der Waals surface area contributed by atoms with Crippen LogP contribution < -0.4 is 15.8 Å². The Hall–Kier alpha value is -2.66. The highest BCUT2D eigenvalue weighted by atomic mass is 31.2. The molecule has 0 radical (unpaired) electrons. The molecule has 0 amide bonds. The number of hydrogen-bond donors (Lipinski definition) is 3. The number of nitrogens with two attached hydrogens (primary N) is 1. The van der Waals surface area contributed by atoms with Crippen molar-refractivity contribution < 1.29 is 18.1 Å². The third-order valence-electron chi connectivity index (χ3n) is 3.72. The maximum absolute atomic E-state index is 14.6. The van der Waals surface area contributed by atoms with Crippen LogP contribution in [0.1, 0.15) is 5.56 Å². The van der Waals surface area contributed by atoms with Crippen molar-refractivity contribution in [3.8, 4) is 11.5 Å². The zero-order chi connectivity index (χ0) is 18.4. The van der Waals surface area contributed by atoms with E-state index in [1.165, 1.54) is 31.5 Å². The topological polar surface area (TPSA) is 92.0 Å². The van der Waals surface area contributed by atoms with E-state index < -0.39 is 24.6 Å². The van der Waals surface area contributed by atoms with Crippen LogP contribution in [0.3, 0.4) is 0 Å². The number of rotatable bonds is 4. The number of fused-ring (bicyclic) bond motifs is 1. The monoisotopic (exact) mass is 363 g/mol. The fourth-order valence-electron chi connectivity index (χ4n) is 2.66. The van der Waals surface area contributed by atoms with E-state index >= 15 is 0 Å². The predicted octanol–water partition coefficient (Wildman–Crippen LogP) is 3.77. The van der Waals surface area contributed by atoms with Gasteiger partial charge in [0, 0.05) is 23.2 Å². The van der Waals surface area contributed by atoms with Crippen molar-refractivity contribution in [2.75, 3.05) is 13.3 Å². The first-order valence-corrected chi connectivity index (χ1v) is 9.95. The minimum atomic E-state index is -2.90. The Morgan fingerprint density at radius 3 is 2.56 bits per heavy atom. The summed E-state index contributed by atoms with van der Waals surface area (Å²) in [5, 5.41) is 8.24. The first kappa shape index (κ1) is 17.2. The molecule has 1 aromatic heterocycles. The van der Waals surface area contributed by atoms with Gasteiger partial charge in [-0.05, 0) is 37.6 Å². The Balaban J connectivity index is 2.20. The van der Waals surface area contributed by atoms with Gasteiger partial charge in [0.05, 0.1) is 10.9 Å². The summed E-state index contributed by atoms with van der Waals surface area (Å²) in [5.41, 5.74) is 5.68. The van der Waals surface area contributed by atoms with Crippen LogP contribution in [-0.2, 0) is 4.57 Å². The lowest BCUT2D eigenvalue weighted by Gasteiger charge is -2.17. The van der Waals surface area contributed by atoms with Gasteiger partial charge < -0.3 is 20.0 Å². The Morgan fingerprint density at radius 1 is 1.20 bits per heavy atom. The molecule has 0 aliphatic rings. The summed E-state index contributed by atoms with van der Waals surface area (Å²) < 4.78 is 46.6. The minimum Gasteiger partial charge on any atom is -0.453 e. The van der Waals surface area contributed by atoms with E-state index in [2.05, 4.69) is 4.98 Å². The smallest absolute Gasteiger partial charge is 0.174 e. The number of aromatic amines is 1. The third-order valence-corrected chi connectivity index (χ3v) is 5.24. The zero-order valence-corrected chi connectivity index (χ0v) is 14.5. The molecular formula is C17H16F2N3O2P. The standard InChI is InChI=1S/C17H16F2N3O2P/c1-25(2,23)16-10-5-6-22-14(10)8-13(19)15(16)24-9-3-4-12(18)11(7-9)17(20)21/h3-8,22H,1-2H3,(H3,20,21). The molecule has 5 nitrogen and oxygen atoms in total. The zero-order valence-electron chi connectivity index (χ0n) is 13.6. The molecule has 130 valence electrons. The summed E-state index contributed by atoms with van der Waals surface area (Å²) in [6, 6.07) is 6.53. The van der Waals surface area contributed by atoms with E-state index in [-0.39, 0.29) is 22.4 Å². The van der Waals surface area contributed by atoms with Gasteiger partial charge in [0.2, 0.25) is 0 Å². The summed E-state index contributed by atoms with van der Waals surface area (Å²) >= 11 is 0. The summed E-state index contributed by atoms with van der Waals surface area (Å²) in [6.45, 7) is 3.04. The van der Waals surface area contributed by atoms with Crippen molar-refractivity contribution in [2.45, 2.75) is 0 Å². The lowest BCUT2D eigenvalue weighted by Crippen LogP contribution is -2.14. The van der Waals surface area contributed by atoms with E-state index in [1.807, 2.05) is 0 Å². The average Bonchev–Trinajstić information content (AvgIpc) is 2.95. The second-order valence-corrected chi connectivity index (χ2v) is 9.13. The molecular weight excluding hydrogens is 347 g/mol. The number of nitrogens with one attached hydrogen (secondary N) is 2. The van der Waals surface area contributed by atoms with Crippen molar-refractivity contribution in [3.05, 3.63) is 53.7 Å². The molecule has 0 unspecified atom stereocenters. The molecule has 4 N–H and O–H groups in total. The average molecular weight is 363 g/mol. The summed E-state index contributed by atoms with van der Waals surface area (Å²) in [4.78, 5) is 2.88. The highest BCUT2D eigenvalue weighted by molar-refractivity contribution is 7.70. The number of H-pyrrole nitrogens is 1. The van der Waals surface area contributed by atoms with Gasteiger partial charge in [-0.1, -0.05) is 0 Å². The maximum Gasteiger partial charge on any atom is 0.174 e. The van der Waals surface area contributed by atoms with Crippen LogP contribution >= 0.6 is 7.14 Å². The molecule has 1 heterocycles. The molecule has 8 heteroatoms. The minimum absolute atomic E-state index is 0.0927.